The normalized spacial score (nSPS) is 10.6. The van der Waals surface area contributed by atoms with E-state index in [-0.39, 0.29) is 11.5 Å². The summed E-state index contributed by atoms with van der Waals surface area (Å²) in [6, 6.07) is 6.66. The number of aromatic carboxylic acids is 1. The van der Waals surface area contributed by atoms with E-state index in [1.807, 2.05) is 0 Å². The molecule has 1 aromatic heterocycles. The van der Waals surface area contributed by atoms with Crippen LogP contribution in [0.3, 0.4) is 0 Å². The molecular weight excluding hydrogens is 322 g/mol. The van der Waals surface area contributed by atoms with Crippen LogP contribution in [0.4, 0.5) is 0 Å². The number of carbonyl (C=O) groups is 2. The second-order valence-corrected chi connectivity index (χ2v) is 5.81. The Hall–Kier alpha value is -2.70. The molecule has 0 aliphatic rings. The van der Waals surface area contributed by atoms with Gasteiger partial charge in [0.1, 0.15) is 0 Å². The van der Waals surface area contributed by atoms with Gasteiger partial charge in [0.25, 0.3) is 0 Å². The standard InChI is InChI=1S/C18H23N3O4/c1-2-4-15-20-17(25-21-15)6-3-5-16(22)19-12-11-13-7-9-14(10-8-13)18(23)24/h7-10H,2-6,11-12H2,1H3,(H,19,22)(H,23,24). The molecule has 0 spiro atoms. The summed E-state index contributed by atoms with van der Waals surface area (Å²) in [6.07, 6.45) is 4.10. The Morgan fingerprint density at radius 3 is 2.60 bits per heavy atom. The van der Waals surface area contributed by atoms with E-state index in [0.717, 1.165) is 24.2 Å². The number of amides is 1. The third-order valence-electron chi connectivity index (χ3n) is 3.71. The molecule has 1 aromatic carbocycles. The molecule has 134 valence electrons. The van der Waals surface area contributed by atoms with E-state index in [2.05, 4.69) is 22.4 Å². The third-order valence-corrected chi connectivity index (χ3v) is 3.71. The average molecular weight is 345 g/mol. The first kappa shape index (κ1) is 18.6. The van der Waals surface area contributed by atoms with E-state index in [4.69, 9.17) is 9.63 Å². The van der Waals surface area contributed by atoms with Crippen LogP contribution in [0.25, 0.3) is 0 Å². The molecule has 1 amide bonds. The van der Waals surface area contributed by atoms with Crippen molar-refractivity contribution in [3.05, 3.63) is 47.1 Å². The summed E-state index contributed by atoms with van der Waals surface area (Å²) in [6.45, 7) is 2.58. The maximum atomic E-state index is 11.8. The van der Waals surface area contributed by atoms with Gasteiger partial charge in [-0.2, -0.15) is 4.98 Å². The van der Waals surface area contributed by atoms with Gasteiger partial charge in [-0.05, 0) is 37.0 Å². The van der Waals surface area contributed by atoms with Crippen LogP contribution in [0.5, 0.6) is 0 Å². The predicted molar refractivity (Wildman–Crippen MR) is 91.3 cm³/mol. The molecule has 0 atom stereocenters. The smallest absolute Gasteiger partial charge is 0.335 e. The molecule has 1 heterocycles. The molecule has 0 radical (unpaired) electrons. The molecule has 0 saturated heterocycles. The van der Waals surface area contributed by atoms with Gasteiger partial charge in [0.15, 0.2) is 5.82 Å². The van der Waals surface area contributed by atoms with Crippen LogP contribution in [-0.2, 0) is 24.1 Å². The fourth-order valence-electron chi connectivity index (χ4n) is 2.37. The lowest BCUT2D eigenvalue weighted by molar-refractivity contribution is -0.121. The van der Waals surface area contributed by atoms with E-state index in [0.29, 0.717) is 38.1 Å². The summed E-state index contributed by atoms with van der Waals surface area (Å²) in [5.41, 5.74) is 1.25. The topological polar surface area (TPSA) is 105 Å². The van der Waals surface area contributed by atoms with Gasteiger partial charge in [-0.15, -0.1) is 0 Å². The second kappa shape index (κ2) is 9.56. The van der Waals surface area contributed by atoms with E-state index >= 15 is 0 Å². The largest absolute Gasteiger partial charge is 0.478 e. The number of carboxylic acids is 1. The van der Waals surface area contributed by atoms with Crippen molar-refractivity contribution in [1.29, 1.82) is 0 Å². The number of carbonyl (C=O) groups excluding carboxylic acids is 1. The number of benzene rings is 1. The van der Waals surface area contributed by atoms with Crippen molar-refractivity contribution in [3.8, 4) is 0 Å². The van der Waals surface area contributed by atoms with Crippen molar-refractivity contribution in [2.45, 2.75) is 45.4 Å². The minimum Gasteiger partial charge on any atom is -0.478 e. The molecular formula is C18H23N3O4. The number of rotatable bonds is 10. The zero-order chi connectivity index (χ0) is 18.1. The zero-order valence-corrected chi connectivity index (χ0v) is 14.3. The molecule has 7 nitrogen and oxygen atoms in total. The van der Waals surface area contributed by atoms with E-state index < -0.39 is 5.97 Å². The number of hydrogen-bond donors (Lipinski definition) is 2. The van der Waals surface area contributed by atoms with Gasteiger partial charge in [0.2, 0.25) is 11.8 Å². The number of hydrogen-bond acceptors (Lipinski definition) is 5. The Labute approximate surface area is 146 Å². The third kappa shape index (κ3) is 6.37. The Morgan fingerprint density at radius 2 is 1.92 bits per heavy atom. The highest BCUT2D eigenvalue weighted by Gasteiger charge is 2.07. The van der Waals surface area contributed by atoms with Crippen molar-refractivity contribution < 1.29 is 19.2 Å². The van der Waals surface area contributed by atoms with E-state index in [1.54, 1.807) is 24.3 Å². The number of carboxylic acid groups (broad SMARTS) is 1. The minimum absolute atomic E-state index is 0.0181. The summed E-state index contributed by atoms with van der Waals surface area (Å²) in [4.78, 5) is 26.9. The van der Waals surface area contributed by atoms with Crippen LogP contribution in [-0.4, -0.2) is 33.7 Å². The lowest BCUT2D eigenvalue weighted by Gasteiger charge is -2.05. The Kier molecular flexibility index (Phi) is 7.13. The Morgan fingerprint density at radius 1 is 1.16 bits per heavy atom. The zero-order valence-electron chi connectivity index (χ0n) is 14.3. The average Bonchev–Trinajstić information content (AvgIpc) is 3.03. The summed E-state index contributed by atoms with van der Waals surface area (Å²) in [5, 5.41) is 15.6. The van der Waals surface area contributed by atoms with Crippen molar-refractivity contribution in [1.82, 2.24) is 15.5 Å². The maximum Gasteiger partial charge on any atom is 0.335 e. The van der Waals surface area contributed by atoms with Crippen molar-refractivity contribution >= 4 is 11.9 Å². The maximum absolute atomic E-state index is 11.8. The van der Waals surface area contributed by atoms with Crippen molar-refractivity contribution in [3.63, 3.8) is 0 Å². The van der Waals surface area contributed by atoms with E-state index in [1.165, 1.54) is 0 Å². The summed E-state index contributed by atoms with van der Waals surface area (Å²) in [7, 11) is 0. The molecule has 0 saturated carbocycles. The molecule has 0 aliphatic carbocycles. The first-order valence-corrected chi connectivity index (χ1v) is 8.49. The summed E-state index contributed by atoms with van der Waals surface area (Å²) in [5.74, 6) is 0.337. The predicted octanol–water partition coefficient (Wildman–Crippen LogP) is 2.40. The number of nitrogens with zero attached hydrogens (tertiary/aromatic N) is 2. The molecule has 2 rings (SSSR count). The van der Waals surface area contributed by atoms with Gasteiger partial charge in [-0.1, -0.05) is 24.2 Å². The highest BCUT2D eigenvalue weighted by Crippen LogP contribution is 2.06. The highest BCUT2D eigenvalue weighted by molar-refractivity contribution is 5.87. The molecule has 0 aliphatic heterocycles. The van der Waals surface area contributed by atoms with Crippen LogP contribution >= 0.6 is 0 Å². The van der Waals surface area contributed by atoms with Crippen LogP contribution in [0.15, 0.2) is 28.8 Å². The van der Waals surface area contributed by atoms with Crippen LogP contribution < -0.4 is 5.32 Å². The SMILES string of the molecule is CCCc1noc(CCCC(=O)NCCc2ccc(C(=O)O)cc2)n1. The number of aromatic nitrogens is 2. The van der Waals surface area contributed by atoms with Gasteiger partial charge in [-0.3, -0.25) is 4.79 Å². The number of aryl methyl sites for hydroxylation is 2. The molecule has 0 unspecified atom stereocenters. The molecule has 0 fully saturated rings. The van der Waals surface area contributed by atoms with Crippen LogP contribution in [0.2, 0.25) is 0 Å². The molecule has 7 heteroatoms. The summed E-state index contributed by atoms with van der Waals surface area (Å²) >= 11 is 0. The fourth-order valence-corrected chi connectivity index (χ4v) is 2.37. The fraction of sp³-hybridized carbons (Fsp3) is 0.444. The van der Waals surface area contributed by atoms with E-state index in [9.17, 15) is 9.59 Å². The van der Waals surface area contributed by atoms with Crippen molar-refractivity contribution in [2.75, 3.05) is 6.54 Å². The van der Waals surface area contributed by atoms with Gasteiger partial charge < -0.3 is 14.9 Å². The van der Waals surface area contributed by atoms with Crippen molar-refractivity contribution in [2.24, 2.45) is 0 Å². The second-order valence-electron chi connectivity index (χ2n) is 5.81. The van der Waals surface area contributed by atoms with Crippen LogP contribution in [0, 0.1) is 0 Å². The first-order chi connectivity index (χ1) is 12.1. The number of nitrogens with one attached hydrogen (secondary N) is 1. The highest BCUT2D eigenvalue weighted by atomic mass is 16.5. The van der Waals surface area contributed by atoms with Gasteiger partial charge >= 0.3 is 5.97 Å². The Bertz CT molecular complexity index is 695. The lowest BCUT2D eigenvalue weighted by atomic mass is 10.1. The Balaban J connectivity index is 1.62. The van der Waals surface area contributed by atoms with Gasteiger partial charge in [0.05, 0.1) is 5.56 Å². The van der Waals surface area contributed by atoms with Gasteiger partial charge in [-0.25, -0.2) is 4.79 Å². The minimum atomic E-state index is -0.942. The lowest BCUT2D eigenvalue weighted by Crippen LogP contribution is -2.25. The first-order valence-electron chi connectivity index (χ1n) is 8.49. The summed E-state index contributed by atoms with van der Waals surface area (Å²) < 4.78 is 5.13. The van der Waals surface area contributed by atoms with Crippen LogP contribution in [0.1, 0.15) is 53.8 Å². The quantitative estimate of drug-likeness (QED) is 0.685. The van der Waals surface area contributed by atoms with Gasteiger partial charge in [0, 0.05) is 25.8 Å². The monoisotopic (exact) mass is 345 g/mol. The molecule has 2 N–H and O–H groups in total. The molecule has 2 aromatic rings. The molecule has 0 bridgehead atoms. The molecule has 25 heavy (non-hydrogen) atoms.